The molecule has 5 heteroatoms. The predicted molar refractivity (Wildman–Crippen MR) is 60.8 cm³/mol. The first-order chi connectivity index (χ1) is 7.59. The molecule has 0 radical (unpaired) electrons. The molecule has 2 aromatic rings. The quantitative estimate of drug-likeness (QED) is 0.805. The van der Waals surface area contributed by atoms with Crippen LogP contribution < -0.4 is 0 Å². The van der Waals surface area contributed by atoms with Gasteiger partial charge in [0.25, 0.3) is 0 Å². The molecule has 84 valence electrons. The summed E-state index contributed by atoms with van der Waals surface area (Å²) in [6.45, 7) is 4.03. The van der Waals surface area contributed by atoms with Gasteiger partial charge in [0, 0.05) is 11.6 Å². The summed E-state index contributed by atoms with van der Waals surface area (Å²) in [5.74, 6) is 0.197. The summed E-state index contributed by atoms with van der Waals surface area (Å²) in [4.78, 5) is 0. The summed E-state index contributed by atoms with van der Waals surface area (Å²) >= 11 is 5.63. The van der Waals surface area contributed by atoms with Gasteiger partial charge in [-0.25, -0.2) is 4.39 Å². The second-order valence-corrected chi connectivity index (χ2v) is 4.19. The number of rotatable bonds is 2. The average Bonchev–Trinajstić information content (AvgIpc) is 2.71. The van der Waals surface area contributed by atoms with Gasteiger partial charge >= 0.3 is 0 Å². The molecule has 1 aromatic carbocycles. The molecule has 0 bridgehead atoms. The van der Waals surface area contributed by atoms with E-state index in [1.54, 1.807) is 12.4 Å². The van der Waals surface area contributed by atoms with Crippen LogP contribution in [-0.2, 0) is 0 Å². The third kappa shape index (κ3) is 1.93. The van der Waals surface area contributed by atoms with Crippen LogP contribution in [0.4, 0.5) is 4.39 Å². The second-order valence-electron chi connectivity index (χ2n) is 3.78. The monoisotopic (exact) mass is 239 g/mol. The molecule has 3 nitrogen and oxygen atoms in total. The Morgan fingerprint density at radius 3 is 2.75 bits per heavy atom. The van der Waals surface area contributed by atoms with E-state index in [2.05, 4.69) is 10.2 Å². The Kier molecular flexibility index (Phi) is 2.92. The van der Waals surface area contributed by atoms with Gasteiger partial charge in [-0.2, -0.15) is 0 Å². The Labute approximate surface area is 97.9 Å². The standard InChI is InChI=1S/C11H11ClFN3/c1-7(2)16-6-14-15-11(16)8-3-4-9(12)10(13)5-8/h3-7H,1-2H3. The van der Waals surface area contributed by atoms with E-state index < -0.39 is 5.82 Å². The number of hydrogen-bond donors (Lipinski definition) is 0. The lowest BCUT2D eigenvalue weighted by molar-refractivity contribution is 0.602. The molecule has 0 aliphatic heterocycles. The lowest BCUT2D eigenvalue weighted by Gasteiger charge is -2.10. The Bertz CT molecular complexity index is 508. The fourth-order valence-corrected chi connectivity index (χ4v) is 1.58. The first kappa shape index (κ1) is 11.1. The average molecular weight is 240 g/mol. The van der Waals surface area contributed by atoms with Crippen molar-refractivity contribution in [3.8, 4) is 11.4 Å². The number of nitrogens with zero attached hydrogens (tertiary/aromatic N) is 3. The van der Waals surface area contributed by atoms with Crippen molar-refractivity contribution in [3.05, 3.63) is 35.4 Å². The zero-order chi connectivity index (χ0) is 11.7. The lowest BCUT2D eigenvalue weighted by Crippen LogP contribution is -2.01. The number of hydrogen-bond acceptors (Lipinski definition) is 2. The van der Waals surface area contributed by atoms with E-state index in [-0.39, 0.29) is 11.1 Å². The predicted octanol–water partition coefficient (Wildman–Crippen LogP) is 3.32. The molecule has 0 atom stereocenters. The molecule has 0 N–H and O–H groups in total. The summed E-state index contributed by atoms with van der Waals surface area (Å²) in [5.41, 5.74) is 0.674. The summed E-state index contributed by atoms with van der Waals surface area (Å²) in [6, 6.07) is 4.84. The molecule has 0 aliphatic carbocycles. The first-order valence-corrected chi connectivity index (χ1v) is 5.32. The van der Waals surface area contributed by atoms with Gasteiger partial charge in [-0.05, 0) is 32.0 Å². The van der Waals surface area contributed by atoms with Crippen LogP contribution in [0.25, 0.3) is 11.4 Å². The van der Waals surface area contributed by atoms with Gasteiger partial charge in [0.15, 0.2) is 5.82 Å². The van der Waals surface area contributed by atoms with Crippen molar-refractivity contribution < 1.29 is 4.39 Å². The van der Waals surface area contributed by atoms with E-state index in [1.807, 2.05) is 18.4 Å². The zero-order valence-corrected chi connectivity index (χ0v) is 9.74. The van der Waals surface area contributed by atoms with Crippen molar-refractivity contribution in [3.63, 3.8) is 0 Å². The van der Waals surface area contributed by atoms with E-state index >= 15 is 0 Å². The molecule has 0 amide bonds. The first-order valence-electron chi connectivity index (χ1n) is 4.94. The van der Waals surface area contributed by atoms with Crippen molar-refractivity contribution in [1.82, 2.24) is 14.8 Å². The Hall–Kier alpha value is -1.42. The highest BCUT2D eigenvalue weighted by molar-refractivity contribution is 6.30. The number of aromatic nitrogens is 3. The van der Waals surface area contributed by atoms with E-state index in [1.165, 1.54) is 12.1 Å². The van der Waals surface area contributed by atoms with Crippen LogP contribution in [-0.4, -0.2) is 14.8 Å². The molecule has 2 rings (SSSR count). The van der Waals surface area contributed by atoms with Crippen molar-refractivity contribution in [1.29, 1.82) is 0 Å². The molecule has 0 saturated heterocycles. The van der Waals surface area contributed by atoms with E-state index in [9.17, 15) is 4.39 Å². The van der Waals surface area contributed by atoms with Crippen LogP contribution in [0.2, 0.25) is 5.02 Å². The number of benzene rings is 1. The Morgan fingerprint density at radius 1 is 1.38 bits per heavy atom. The maximum atomic E-state index is 13.3. The molecule has 16 heavy (non-hydrogen) atoms. The van der Waals surface area contributed by atoms with Crippen LogP contribution in [0.15, 0.2) is 24.5 Å². The molecule has 0 aliphatic rings. The molecule has 0 saturated carbocycles. The van der Waals surface area contributed by atoms with Gasteiger partial charge in [0.1, 0.15) is 12.1 Å². The second kappa shape index (κ2) is 4.22. The smallest absolute Gasteiger partial charge is 0.164 e. The molecular weight excluding hydrogens is 229 g/mol. The highest BCUT2D eigenvalue weighted by atomic mass is 35.5. The van der Waals surface area contributed by atoms with Crippen molar-refractivity contribution >= 4 is 11.6 Å². The normalized spacial score (nSPS) is 11.1. The summed E-state index contributed by atoms with van der Waals surface area (Å²) in [7, 11) is 0. The summed E-state index contributed by atoms with van der Waals surface area (Å²) in [5, 5.41) is 7.92. The van der Waals surface area contributed by atoms with Crippen LogP contribution in [0.1, 0.15) is 19.9 Å². The van der Waals surface area contributed by atoms with Crippen molar-refractivity contribution in [2.24, 2.45) is 0 Å². The molecule has 0 unspecified atom stereocenters. The highest BCUT2D eigenvalue weighted by Gasteiger charge is 2.11. The molecule has 0 spiro atoms. The van der Waals surface area contributed by atoms with Gasteiger partial charge < -0.3 is 4.57 Å². The van der Waals surface area contributed by atoms with E-state index in [4.69, 9.17) is 11.6 Å². The van der Waals surface area contributed by atoms with Crippen LogP contribution in [0.5, 0.6) is 0 Å². The van der Waals surface area contributed by atoms with Crippen molar-refractivity contribution in [2.45, 2.75) is 19.9 Å². The van der Waals surface area contributed by atoms with Crippen molar-refractivity contribution in [2.75, 3.05) is 0 Å². The minimum atomic E-state index is -0.447. The minimum Gasteiger partial charge on any atom is -0.311 e. The Morgan fingerprint density at radius 2 is 2.12 bits per heavy atom. The van der Waals surface area contributed by atoms with Gasteiger partial charge in [-0.3, -0.25) is 0 Å². The maximum Gasteiger partial charge on any atom is 0.164 e. The summed E-state index contributed by atoms with van der Waals surface area (Å²) in [6.07, 6.45) is 1.63. The van der Waals surface area contributed by atoms with Crippen LogP contribution >= 0.6 is 11.6 Å². The zero-order valence-electron chi connectivity index (χ0n) is 8.98. The third-order valence-electron chi connectivity index (χ3n) is 2.31. The minimum absolute atomic E-state index is 0.111. The van der Waals surface area contributed by atoms with Gasteiger partial charge in [0.05, 0.1) is 5.02 Å². The lowest BCUT2D eigenvalue weighted by atomic mass is 10.2. The van der Waals surface area contributed by atoms with Crippen LogP contribution in [0, 0.1) is 5.82 Å². The van der Waals surface area contributed by atoms with Gasteiger partial charge in [0.2, 0.25) is 0 Å². The number of halogens is 2. The fourth-order valence-electron chi connectivity index (χ4n) is 1.46. The molecule has 1 heterocycles. The topological polar surface area (TPSA) is 30.7 Å². The fraction of sp³-hybridized carbons (Fsp3) is 0.273. The van der Waals surface area contributed by atoms with Crippen LogP contribution in [0.3, 0.4) is 0 Å². The largest absolute Gasteiger partial charge is 0.311 e. The van der Waals surface area contributed by atoms with E-state index in [0.29, 0.717) is 11.4 Å². The maximum absolute atomic E-state index is 13.3. The SMILES string of the molecule is CC(C)n1cnnc1-c1ccc(Cl)c(F)c1. The highest BCUT2D eigenvalue weighted by Crippen LogP contribution is 2.24. The summed E-state index contributed by atoms with van der Waals surface area (Å²) < 4.78 is 15.2. The molecule has 1 aromatic heterocycles. The van der Waals surface area contributed by atoms with Gasteiger partial charge in [-0.15, -0.1) is 10.2 Å². The molecule has 0 fully saturated rings. The van der Waals surface area contributed by atoms with E-state index in [0.717, 1.165) is 0 Å². The third-order valence-corrected chi connectivity index (χ3v) is 2.61. The molecular formula is C11H11ClFN3. The Balaban J connectivity index is 2.50. The van der Waals surface area contributed by atoms with Gasteiger partial charge in [-0.1, -0.05) is 11.6 Å².